The van der Waals surface area contributed by atoms with Crippen molar-refractivity contribution in [1.82, 2.24) is 9.55 Å². The minimum Gasteiger partial charge on any atom is -0.394 e. The van der Waals surface area contributed by atoms with Crippen molar-refractivity contribution in [2.75, 3.05) is 12.3 Å². The zero-order valence-corrected chi connectivity index (χ0v) is 10.9. The number of nitrogens with two attached hydrogens (primary N) is 1. The molecule has 1 aromatic rings. The molecule has 1 fully saturated rings. The lowest BCUT2D eigenvalue weighted by molar-refractivity contribution is -0.0459. The summed E-state index contributed by atoms with van der Waals surface area (Å²) in [6.07, 6.45) is -0.291. The average molecular weight is 349 g/mol. The van der Waals surface area contributed by atoms with Crippen molar-refractivity contribution < 1.29 is 14.9 Å². The monoisotopic (exact) mass is 349 g/mol. The molecule has 94 valence electrons. The quantitative estimate of drug-likeness (QED) is 0.595. The summed E-state index contributed by atoms with van der Waals surface area (Å²) in [5.74, 6) is 0.170. The lowest BCUT2D eigenvalue weighted by Crippen LogP contribution is -2.28. The number of aromatic nitrogens is 2. The van der Waals surface area contributed by atoms with Gasteiger partial charge in [-0.3, -0.25) is 4.57 Å². The third kappa shape index (κ3) is 2.44. The van der Waals surface area contributed by atoms with Gasteiger partial charge in [0.25, 0.3) is 0 Å². The third-order valence-corrected chi connectivity index (χ3v) is 3.46. The Kier molecular flexibility index (Phi) is 3.66. The van der Waals surface area contributed by atoms with Crippen molar-refractivity contribution in [2.24, 2.45) is 0 Å². The van der Waals surface area contributed by atoms with Crippen LogP contribution < -0.4 is 11.4 Å². The van der Waals surface area contributed by atoms with Crippen molar-refractivity contribution >= 4 is 28.4 Å². The Morgan fingerprint density at radius 3 is 3.00 bits per heavy atom. The molecule has 1 aliphatic heterocycles. The molecular weight excluding hydrogens is 337 g/mol. The van der Waals surface area contributed by atoms with Gasteiger partial charge in [0.15, 0.2) is 0 Å². The fourth-order valence-electron chi connectivity index (χ4n) is 1.71. The molecule has 3 atom stereocenters. The molecule has 1 saturated heterocycles. The van der Waals surface area contributed by atoms with Gasteiger partial charge in [0.05, 0.1) is 16.3 Å². The number of nitrogens with zero attached hydrogens (tertiary/aromatic N) is 2. The highest BCUT2D eigenvalue weighted by Crippen LogP contribution is 2.27. The molecule has 4 N–H and O–H groups in total. The Hall–Kier alpha value is -0.710. The standard InChI is InChI=1S/C9H12IN3O4/c10-4-2-13(9(16)12-8(4)11)7-1-5(15)6(3-14)17-7/h2,5-7,14-15H,1,3H2,(H2,11,12,16)/t5-,6+,7+/m0/s1/i10-4. The third-order valence-electron chi connectivity index (χ3n) is 2.63. The second kappa shape index (κ2) is 4.88. The zero-order chi connectivity index (χ0) is 12.6. The molecule has 0 aromatic carbocycles. The summed E-state index contributed by atoms with van der Waals surface area (Å²) in [7, 11) is 0. The molecule has 0 aliphatic carbocycles. The highest BCUT2D eigenvalue weighted by Gasteiger charge is 2.35. The van der Waals surface area contributed by atoms with E-state index < -0.39 is 24.1 Å². The summed E-state index contributed by atoms with van der Waals surface area (Å²) >= 11 is 1.96. The van der Waals surface area contributed by atoms with Crippen molar-refractivity contribution in [3.05, 3.63) is 20.3 Å². The van der Waals surface area contributed by atoms with Crippen molar-refractivity contribution in [2.45, 2.75) is 24.9 Å². The van der Waals surface area contributed by atoms with E-state index >= 15 is 0 Å². The molecule has 0 saturated carbocycles. The summed E-state index contributed by atoms with van der Waals surface area (Å²) in [6.45, 7) is -0.286. The van der Waals surface area contributed by atoms with Gasteiger partial charge in [-0.05, 0) is 22.6 Å². The van der Waals surface area contributed by atoms with E-state index in [4.69, 9.17) is 15.6 Å². The number of nitrogen functional groups attached to an aromatic ring is 1. The van der Waals surface area contributed by atoms with E-state index in [0.29, 0.717) is 3.57 Å². The van der Waals surface area contributed by atoms with E-state index in [1.54, 1.807) is 0 Å². The summed E-state index contributed by atoms with van der Waals surface area (Å²) in [5.41, 5.74) is 4.98. The van der Waals surface area contributed by atoms with Crippen LogP contribution in [0.1, 0.15) is 12.6 Å². The highest BCUT2D eigenvalue weighted by atomic mass is 123. The van der Waals surface area contributed by atoms with Gasteiger partial charge in [0, 0.05) is 12.6 Å². The lowest BCUT2D eigenvalue weighted by Gasteiger charge is -2.14. The van der Waals surface area contributed by atoms with E-state index in [1.165, 1.54) is 10.8 Å². The van der Waals surface area contributed by atoms with Crippen molar-refractivity contribution in [3.8, 4) is 0 Å². The largest absolute Gasteiger partial charge is 0.394 e. The predicted octanol–water partition coefficient (Wildman–Crippen LogP) is -0.929. The molecule has 17 heavy (non-hydrogen) atoms. The first-order valence-corrected chi connectivity index (χ1v) is 6.09. The Morgan fingerprint density at radius 2 is 2.41 bits per heavy atom. The van der Waals surface area contributed by atoms with Crippen LogP contribution in [0.2, 0.25) is 0 Å². The van der Waals surface area contributed by atoms with E-state index in [0.717, 1.165) is 0 Å². The molecule has 7 nitrogen and oxygen atoms in total. The van der Waals surface area contributed by atoms with Gasteiger partial charge >= 0.3 is 5.69 Å². The Labute approximate surface area is 110 Å². The van der Waals surface area contributed by atoms with Crippen molar-refractivity contribution in [1.29, 1.82) is 0 Å². The number of aliphatic hydroxyl groups excluding tert-OH is 2. The number of anilines is 1. The molecule has 0 unspecified atom stereocenters. The summed E-state index contributed by atoms with van der Waals surface area (Å²) < 4.78 is 7.27. The molecule has 0 radical (unpaired) electrons. The maximum atomic E-state index is 11.6. The summed E-state index contributed by atoms with van der Waals surface area (Å²) in [5, 5.41) is 18.5. The molecular formula is C9H12IN3O4. The van der Waals surface area contributed by atoms with Crippen LogP contribution in [0.4, 0.5) is 5.82 Å². The number of halogens is 1. The number of hydrogen-bond acceptors (Lipinski definition) is 6. The molecule has 0 bridgehead atoms. The van der Waals surface area contributed by atoms with Gasteiger partial charge in [-0.1, -0.05) is 0 Å². The normalized spacial score (nSPS) is 28.5. The second-order valence-electron chi connectivity index (χ2n) is 3.78. The number of hydrogen-bond donors (Lipinski definition) is 3. The van der Waals surface area contributed by atoms with Gasteiger partial charge in [0.1, 0.15) is 18.1 Å². The number of rotatable bonds is 2. The van der Waals surface area contributed by atoms with Crippen LogP contribution >= 0.6 is 22.6 Å². The fraction of sp³-hybridized carbons (Fsp3) is 0.556. The number of aliphatic hydroxyl groups is 2. The van der Waals surface area contributed by atoms with Crippen LogP contribution in [0.15, 0.2) is 11.0 Å². The molecule has 0 spiro atoms. The van der Waals surface area contributed by atoms with E-state index in [-0.39, 0.29) is 18.8 Å². The van der Waals surface area contributed by atoms with Crippen molar-refractivity contribution in [3.63, 3.8) is 0 Å². The average Bonchev–Trinajstić information content (AvgIpc) is 2.65. The van der Waals surface area contributed by atoms with Gasteiger partial charge in [0.2, 0.25) is 0 Å². The van der Waals surface area contributed by atoms with Crippen LogP contribution in [0.25, 0.3) is 0 Å². The molecule has 0 amide bonds. The first-order valence-electron chi connectivity index (χ1n) is 5.01. The SMILES string of the molecule is Nc1nc(=O)n([C@H]2C[C@H](O)[C@@H](CO)O2)cc1[123I]. The summed E-state index contributed by atoms with van der Waals surface area (Å²) in [4.78, 5) is 15.3. The maximum absolute atomic E-state index is 11.6. The topological polar surface area (TPSA) is 111 Å². The molecule has 2 heterocycles. The molecule has 1 aliphatic rings. The van der Waals surface area contributed by atoms with E-state index in [2.05, 4.69) is 4.98 Å². The minimum atomic E-state index is -0.785. The van der Waals surface area contributed by atoms with Gasteiger partial charge in [-0.25, -0.2) is 4.79 Å². The first-order chi connectivity index (χ1) is 8.02. The smallest absolute Gasteiger partial charge is 0.351 e. The number of ether oxygens (including phenoxy) is 1. The fourth-order valence-corrected chi connectivity index (χ4v) is 2.13. The van der Waals surface area contributed by atoms with Crippen LogP contribution in [0.3, 0.4) is 0 Å². The molecule has 8 heteroatoms. The first kappa shape index (κ1) is 12.7. The van der Waals surface area contributed by atoms with Crippen LogP contribution in [0.5, 0.6) is 0 Å². The predicted molar refractivity (Wildman–Crippen MR) is 67.2 cm³/mol. The molecule has 1 aromatic heterocycles. The Balaban J connectivity index is 2.30. The van der Waals surface area contributed by atoms with Gasteiger partial charge in [-0.2, -0.15) is 4.98 Å². The van der Waals surface area contributed by atoms with Crippen LogP contribution in [0, 0.1) is 3.57 Å². The second-order valence-corrected chi connectivity index (χ2v) is 4.94. The van der Waals surface area contributed by atoms with Gasteiger partial charge < -0.3 is 20.7 Å². The minimum absolute atomic E-state index is 0.170. The summed E-state index contributed by atoms with van der Waals surface area (Å²) in [6, 6.07) is 0. The molecule has 2 rings (SSSR count). The lowest BCUT2D eigenvalue weighted by atomic mass is 10.2. The Bertz CT molecular complexity index is 478. The van der Waals surface area contributed by atoms with E-state index in [9.17, 15) is 9.90 Å². The van der Waals surface area contributed by atoms with Crippen LogP contribution in [-0.2, 0) is 4.74 Å². The van der Waals surface area contributed by atoms with Gasteiger partial charge in [-0.15, -0.1) is 0 Å². The van der Waals surface area contributed by atoms with E-state index in [1.807, 2.05) is 22.6 Å². The van der Waals surface area contributed by atoms with Crippen LogP contribution in [-0.4, -0.2) is 38.6 Å². The maximum Gasteiger partial charge on any atom is 0.351 e. The highest BCUT2D eigenvalue weighted by molar-refractivity contribution is 14.1. The zero-order valence-electron chi connectivity index (χ0n) is 8.78. The Morgan fingerprint density at radius 1 is 1.71 bits per heavy atom.